The number of piperazine rings is 1. The molecule has 2 aliphatic rings. The van der Waals surface area contributed by atoms with Crippen molar-refractivity contribution < 1.29 is 19.1 Å². The van der Waals surface area contributed by atoms with Gasteiger partial charge in [-0.25, -0.2) is 4.79 Å². The van der Waals surface area contributed by atoms with Crippen molar-refractivity contribution in [2.75, 3.05) is 45.9 Å². The monoisotopic (exact) mass is 361 g/mol. The summed E-state index contributed by atoms with van der Waals surface area (Å²) in [5.74, 6) is 1.54. The molecular formula is C19H27N3O4. The van der Waals surface area contributed by atoms with E-state index in [4.69, 9.17) is 9.47 Å². The van der Waals surface area contributed by atoms with E-state index in [0.717, 1.165) is 23.3 Å². The molecule has 142 valence electrons. The van der Waals surface area contributed by atoms with E-state index in [-0.39, 0.29) is 11.9 Å². The molecule has 2 aliphatic heterocycles. The number of aryl methyl sites for hydroxylation is 1. The van der Waals surface area contributed by atoms with Gasteiger partial charge in [-0.15, -0.1) is 0 Å². The summed E-state index contributed by atoms with van der Waals surface area (Å²) in [6.07, 6.45) is 1.25. The van der Waals surface area contributed by atoms with Crippen molar-refractivity contribution in [3.8, 4) is 11.5 Å². The van der Waals surface area contributed by atoms with Crippen LogP contribution in [0.3, 0.4) is 0 Å². The zero-order valence-electron chi connectivity index (χ0n) is 15.5. The molecule has 1 aromatic rings. The Morgan fingerprint density at radius 3 is 2.31 bits per heavy atom. The van der Waals surface area contributed by atoms with Crippen LogP contribution in [-0.2, 0) is 11.2 Å². The number of amides is 3. The molecule has 1 aromatic carbocycles. The number of rotatable bonds is 4. The third-order valence-electron chi connectivity index (χ3n) is 4.79. The zero-order chi connectivity index (χ0) is 18.5. The van der Waals surface area contributed by atoms with Gasteiger partial charge >= 0.3 is 6.03 Å². The fraction of sp³-hybridized carbons (Fsp3) is 0.579. The molecule has 0 radical (unpaired) electrons. The minimum Gasteiger partial charge on any atom is -0.486 e. The van der Waals surface area contributed by atoms with E-state index >= 15 is 0 Å². The van der Waals surface area contributed by atoms with Gasteiger partial charge < -0.3 is 24.6 Å². The first-order valence-electron chi connectivity index (χ1n) is 9.28. The second kappa shape index (κ2) is 8.29. The van der Waals surface area contributed by atoms with Gasteiger partial charge in [0, 0.05) is 32.7 Å². The van der Waals surface area contributed by atoms with E-state index in [0.29, 0.717) is 58.1 Å². The topological polar surface area (TPSA) is 71.1 Å². The number of benzene rings is 1. The maximum Gasteiger partial charge on any atom is 0.317 e. The smallest absolute Gasteiger partial charge is 0.317 e. The number of nitrogens with zero attached hydrogens (tertiary/aromatic N) is 2. The first kappa shape index (κ1) is 18.4. The Bertz CT molecular complexity index is 669. The summed E-state index contributed by atoms with van der Waals surface area (Å²) in [6, 6.07) is 3.81. The fourth-order valence-corrected chi connectivity index (χ4v) is 3.20. The predicted octanol–water partition coefficient (Wildman–Crippen LogP) is 1.57. The van der Waals surface area contributed by atoms with Gasteiger partial charge in [0.05, 0.1) is 6.42 Å². The largest absolute Gasteiger partial charge is 0.486 e. The Morgan fingerprint density at radius 1 is 1.04 bits per heavy atom. The van der Waals surface area contributed by atoms with Crippen LogP contribution in [0.25, 0.3) is 0 Å². The molecule has 0 bridgehead atoms. The quantitative estimate of drug-likeness (QED) is 0.884. The Balaban J connectivity index is 1.55. The summed E-state index contributed by atoms with van der Waals surface area (Å²) in [5, 5.41) is 2.88. The number of urea groups is 1. The van der Waals surface area contributed by atoms with Gasteiger partial charge in [0.1, 0.15) is 13.2 Å². The van der Waals surface area contributed by atoms with E-state index in [1.165, 1.54) is 0 Å². The molecule has 0 unspecified atom stereocenters. The molecule has 7 nitrogen and oxygen atoms in total. The van der Waals surface area contributed by atoms with Crippen LogP contribution < -0.4 is 14.8 Å². The second-order valence-electron chi connectivity index (χ2n) is 6.70. The lowest BCUT2D eigenvalue weighted by Crippen LogP contribution is -2.53. The van der Waals surface area contributed by atoms with Crippen LogP contribution in [0.15, 0.2) is 12.1 Å². The SMILES string of the molecule is CCCNC(=O)N1CCN(C(=O)Cc2cc3c(cc2C)OCCO3)CC1. The maximum absolute atomic E-state index is 12.7. The molecule has 7 heteroatoms. The van der Waals surface area contributed by atoms with Gasteiger partial charge in [0.15, 0.2) is 11.5 Å². The fourth-order valence-electron chi connectivity index (χ4n) is 3.20. The highest BCUT2D eigenvalue weighted by Crippen LogP contribution is 2.33. The van der Waals surface area contributed by atoms with Crippen LogP contribution in [0.2, 0.25) is 0 Å². The van der Waals surface area contributed by atoms with Crippen LogP contribution in [0.4, 0.5) is 4.79 Å². The van der Waals surface area contributed by atoms with Crippen LogP contribution in [-0.4, -0.2) is 67.7 Å². The minimum atomic E-state index is -0.0402. The average Bonchev–Trinajstić information content (AvgIpc) is 2.66. The van der Waals surface area contributed by atoms with Crippen molar-refractivity contribution in [1.82, 2.24) is 15.1 Å². The van der Waals surface area contributed by atoms with Crippen LogP contribution in [0, 0.1) is 6.92 Å². The van der Waals surface area contributed by atoms with Crippen molar-refractivity contribution in [2.45, 2.75) is 26.7 Å². The molecule has 1 N–H and O–H groups in total. The number of hydrogen-bond acceptors (Lipinski definition) is 4. The molecule has 0 saturated carbocycles. The van der Waals surface area contributed by atoms with Crippen LogP contribution >= 0.6 is 0 Å². The van der Waals surface area contributed by atoms with E-state index in [9.17, 15) is 9.59 Å². The highest BCUT2D eigenvalue weighted by Gasteiger charge is 2.25. The predicted molar refractivity (Wildman–Crippen MR) is 97.7 cm³/mol. The lowest BCUT2D eigenvalue weighted by Gasteiger charge is -2.35. The highest BCUT2D eigenvalue weighted by atomic mass is 16.6. The molecule has 3 rings (SSSR count). The average molecular weight is 361 g/mol. The van der Waals surface area contributed by atoms with Gasteiger partial charge in [-0.3, -0.25) is 4.79 Å². The molecule has 1 fully saturated rings. The molecule has 2 heterocycles. The first-order valence-corrected chi connectivity index (χ1v) is 9.28. The third kappa shape index (κ3) is 4.20. The number of hydrogen-bond donors (Lipinski definition) is 1. The highest BCUT2D eigenvalue weighted by molar-refractivity contribution is 5.80. The third-order valence-corrected chi connectivity index (χ3v) is 4.79. The zero-order valence-corrected chi connectivity index (χ0v) is 15.5. The van der Waals surface area contributed by atoms with Crippen LogP contribution in [0.5, 0.6) is 11.5 Å². The summed E-state index contributed by atoms with van der Waals surface area (Å²) < 4.78 is 11.2. The standard InChI is InChI=1S/C19H27N3O4/c1-3-4-20-19(24)22-7-5-21(6-8-22)18(23)13-15-12-17-16(11-14(15)2)25-9-10-26-17/h11-12H,3-10,13H2,1-2H3,(H,20,24). The maximum atomic E-state index is 12.7. The first-order chi connectivity index (χ1) is 12.6. The summed E-state index contributed by atoms with van der Waals surface area (Å²) >= 11 is 0. The second-order valence-corrected chi connectivity index (χ2v) is 6.70. The lowest BCUT2D eigenvalue weighted by atomic mass is 10.0. The van der Waals surface area contributed by atoms with E-state index in [2.05, 4.69) is 5.32 Å². The molecule has 0 spiro atoms. The Labute approximate surface area is 154 Å². The van der Waals surface area contributed by atoms with Crippen molar-refractivity contribution in [3.05, 3.63) is 23.3 Å². The van der Waals surface area contributed by atoms with Crippen LogP contribution in [0.1, 0.15) is 24.5 Å². The van der Waals surface area contributed by atoms with Gasteiger partial charge in [-0.05, 0) is 36.6 Å². The van der Waals surface area contributed by atoms with Gasteiger partial charge in [-0.2, -0.15) is 0 Å². The molecule has 1 saturated heterocycles. The lowest BCUT2D eigenvalue weighted by molar-refractivity contribution is -0.131. The Morgan fingerprint density at radius 2 is 1.65 bits per heavy atom. The summed E-state index contributed by atoms with van der Waals surface area (Å²) in [6.45, 7) is 8.06. The van der Waals surface area contributed by atoms with Gasteiger partial charge in [-0.1, -0.05) is 6.92 Å². The van der Waals surface area contributed by atoms with Crippen molar-refractivity contribution in [2.24, 2.45) is 0 Å². The molecule has 3 amide bonds. The minimum absolute atomic E-state index is 0.0402. The van der Waals surface area contributed by atoms with Gasteiger partial charge in [0.2, 0.25) is 5.91 Å². The molecule has 0 aromatic heterocycles. The Hall–Kier alpha value is -2.44. The number of ether oxygens (including phenoxy) is 2. The summed E-state index contributed by atoms with van der Waals surface area (Å²) in [4.78, 5) is 28.3. The van der Waals surface area contributed by atoms with Crippen molar-refractivity contribution in [1.29, 1.82) is 0 Å². The summed E-state index contributed by atoms with van der Waals surface area (Å²) in [5.41, 5.74) is 1.99. The number of carbonyl (C=O) groups excluding carboxylic acids is 2. The molecular weight excluding hydrogens is 334 g/mol. The molecule has 26 heavy (non-hydrogen) atoms. The normalized spacial score (nSPS) is 16.4. The molecule has 0 aliphatic carbocycles. The van der Waals surface area contributed by atoms with E-state index < -0.39 is 0 Å². The number of carbonyl (C=O) groups is 2. The van der Waals surface area contributed by atoms with Gasteiger partial charge in [0.25, 0.3) is 0 Å². The summed E-state index contributed by atoms with van der Waals surface area (Å²) in [7, 11) is 0. The number of nitrogens with one attached hydrogen (secondary N) is 1. The van der Waals surface area contributed by atoms with Crippen molar-refractivity contribution in [3.63, 3.8) is 0 Å². The van der Waals surface area contributed by atoms with E-state index in [1.807, 2.05) is 30.9 Å². The Kier molecular flexibility index (Phi) is 5.85. The number of fused-ring (bicyclic) bond motifs is 1. The molecule has 0 atom stereocenters. The van der Waals surface area contributed by atoms with Crippen molar-refractivity contribution >= 4 is 11.9 Å². The van der Waals surface area contributed by atoms with E-state index in [1.54, 1.807) is 4.90 Å².